The lowest BCUT2D eigenvalue weighted by Gasteiger charge is -1.97. The van der Waals surface area contributed by atoms with Gasteiger partial charge in [0, 0.05) is 0 Å². The fourth-order valence-corrected chi connectivity index (χ4v) is 2.28. The van der Waals surface area contributed by atoms with Gasteiger partial charge < -0.3 is 9.84 Å². The number of aromatic hydroxyl groups is 1. The molecule has 0 fully saturated rings. The van der Waals surface area contributed by atoms with Gasteiger partial charge in [-0.3, -0.25) is 0 Å². The Kier molecular flexibility index (Phi) is 4.19. The van der Waals surface area contributed by atoms with Gasteiger partial charge in [-0.2, -0.15) is 0 Å². The summed E-state index contributed by atoms with van der Waals surface area (Å²) in [5, 5.41) is 10.3. The lowest BCUT2D eigenvalue weighted by atomic mass is 10.2. The van der Waals surface area contributed by atoms with Crippen LogP contribution in [0.25, 0.3) is 12.2 Å². The number of ether oxygens (including phenoxy) is 1. The van der Waals surface area contributed by atoms with Crippen molar-refractivity contribution in [3.63, 3.8) is 0 Å². The first-order valence-corrected chi connectivity index (χ1v) is 6.50. The third-order valence-corrected chi connectivity index (χ3v) is 3.55. The standard InChI is InChI=1S/C13H10ClNO3S/c1-18-13(17)11-7-15-12(19-11)5-3-8-2-4-10(16)9(14)6-8/h2-7,16H,1H3/b5-3+. The number of aromatic nitrogens is 1. The number of halogens is 1. The Morgan fingerprint density at radius 1 is 1.47 bits per heavy atom. The number of carbonyl (C=O) groups is 1. The highest BCUT2D eigenvalue weighted by Gasteiger charge is 2.08. The second-order valence-electron chi connectivity index (χ2n) is 3.60. The Balaban J connectivity index is 2.16. The van der Waals surface area contributed by atoms with E-state index in [1.807, 2.05) is 0 Å². The minimum Gasteiger partial charge on any atom is -0.506 e. The normalized spacial score (nSPS) is 10.8. The second kappa shape index (κ2) is 5.86. The zero-order valence-electron chi connectivity index (χ0n) is 9.96. The summed E-state index contributed by atoms with van der Waals surface area (Å²) in [4.78, 5) is 15.8. The van der Waals surface area contributed by atoms with Crippen LogP contribution < -0.4 is 0 Å². The maximum Gasteiger partial charge on any atom is 0.349 e. The Labute approximate surface area is 118 Å². The first-order chi connectivity index (χ1) is 9.10. The molecule has 19 heavy (non-hydrogen) atoms. The molecule has 0 aliphatic carbocycles. The van der Waals surface area contributed by atoms with E-state index >= 15 is 0 Å². The topological polar surface area (TPSA) is 59.4 Å². The number of carbonyl (C=O) groups excluding carboxylic acids is 1. The zero-order valence-corrected chi connectivity index (χ0v) is 11.5. The molecule has 0 radical (unpaired) electrons. The average molecular weight is 296 g/mol. The number of phenols is 1. The van der Waals surface area contributed by atoms with E-state index < -0.39 is 5.97 Å². The van der Waals surface area contributed by atoms with Crippen LogP contribution in [-0.4, -0.2) is 23.2 Å². The van der Waals surface area contributed by atoms with E-state index in [4.69, 9.17) is 11.6 Å². The van der Waals surface area contributed by atoms with Crippen LogP contribution in [0.2, 0.25) is 5.02 Å². The fraction of sp³-hybridized carbons (Fsp3) is 0.0769. The fourth-order valence-electron chi connectivity index (χ4n) is 1.35. The molecule has 0 atom stereocenters. The van der Waals surface area contributed by atoms with Crippen LogP contribution in [0.3, 0.4) is 0 Å². The van der Waals surface area contributed by atoms with Crippen LogP contribution in [0.4, 0.5) is 0 Å². The minimum atomic E-state index is -0.398. The van der Waals surface area contributed by atoms with Crippen molar-refractivity contribution in [2.24, 2.45) is 0 Å². The molecule has 1 N–H and O–H groups in total. The Morgan fingerprint density at radius 3 is 2.95 bits per heavy atom. The van der Waals surface area contributed by atoms with Gasteiger partial charge in [-0.1, -0.05) is 23.7 Å². The molecule has 0 amide bonds. The van der Waals surface area contributed by atoms with Crippen molar-refractivity contribution >= 4 is 41.1 Å². The molecule has 0 saturated carbocycles. The lowest BCUT2D eigenvalue weighted by Crippen LogP contribution is -1.96. The second-order valence-corrected chi connectivity index (χ2v) is 5.07. The highest BCUT2D eigenvalue weighted by atomic mass is 35.5. The average Bonchev–Trinajstić information content (AvgIpc) is 2.88. The number of hydrogen-bond acceptors (Lipinski definition) is 5. The molecule has 0 bridgehead atoms. The van der Waals surface area contributed by atoms with E-state index in [2.05, 4.69) is 9.72 Å². The van der Waals surface area contributed by atoms with Gasteiger partial charge in [0.25, 0.3) is 0 Å². The van der Waals surface area contributed by atoms with E-state index in [0.29, 0.717) is 9.88 Å². The highest BCUT2D eigenvalue weighted by Crippen LogP contribution is 2.25. The molecule has 6 heteroatoms. The van der Waals surface area contributed by atoms with Crippen LogP contribution >= 0.6 is 22.9 Å². The molecule has 0 aliphatic rings. The molecular weight excluding hydrogens is 286 g/mol. The lowest BCUT2D eigenvalue weighted by molar-refractivity contribution is 0.0606. The molecule has 0 saturated heterocycles. The first kappa shape index (κ1) is 13.6. The van der Waals surface area contributed by atoms with Gasteiger partial charge in [0.15, 0.2) is 0 Å². The number of thiazole rings is 1. The number of benzene rings is 1. The van der Waals surface area contributed by atoms with Crippen molar-refractivity contribution < 1.29 is 14.6 Å². The van der Waals surface area contributed by atoms with Gasteiger partial charge in [-0.05, 0) is 23.8 Å². The third kappa shape index (κ3) is 3.33. The molecule has 0 unspecified atom stereocenters. The van der Waals surface area contributed by atoms with Crippen LogP contribution in [0.15, 0.2) is 24.4 Å². The summed E-state index contributed by atoms with van der Waals surface area (Å²) in [6.45, 7) is 0. The molecule has 4 nitrogen and oxygen atoms in total. The number of methoxy groups -OCH3 is 1. The summed E-state index contributed by atoms with van der Waals surface area (Å²) in [5.74, 6) is -0.356. The van der Waals surface area contributed by atoms with Gasteiger partial charge in [0.1, 0.15) is 15.6 Å². The number of hydrogen-bond donors (Lipinski definition) is 1. The van der Waals surface area contributed by atoms with Crippen LogP contribution in [0.5, 0.6) is 5.75 Å². The van der Waals surface area contributed by atoms with Gasteiger partial charge in [-0.15, -0.1) is 11.3 Å². The Morgan fingerprint density at radius 2 is 2.26 bits per heavy atom. The summed E-state index contributed by atoms with van der Waals surface area (Å²) in [6, 6.07) is 4.89. The molecule has 0 aliphatic heterocycles. The molecule has 98 valence electrons. The predicted molar refractivity (Wildman–Crippen MR) is 75.5 cm³/mol. The van der Waals surface area contributed by atoms with E-state index in [-0.39, 0.29) is 10.8 Å². The van der Waals surface area contributed by atoms with E-state index in [1.165, 1.54) is 30.7 Å². The molecule has 1 aromatic heterocycles. The summed E-state index contributed by atoms with van der Waals surface area (Å²) < 4.78 is 4.60. The minimum absolute atomic E-state index is 0.0426. The Hall–Kier alpha value is -1.85. The van der Waals surface area contributed by atoms with E-state index in [1.54, 1.807) is 24.3 Å². The van der Waals surface area contributed by atoms with Gasteiger partial charge in [-0.25, -0.2) is 9.78 Å². The van der Waals surface area contributed by atoms with E-state index in [0.717, 1.165) is 5.56 Å². The van der Waals surface area contributed by atoms with Crippen molar-refractivity contribution in [3.8, 4) is 5.75 Å². The number of phenolic OH excluding ortho intramolecular Hbond substituents is 1. The van der Waals surface area contributed by atoms with Crippen molar-refractivity contribution in [2.75, 3.05) is 7.11 Å². The number of esters is 1. The summed E-state index contributed by atoms with van der Waals surface area (Å²) in [7, 11) is 1.33. The zero-order chi connectivity index (χ0) is 13.8. The molecule has 2 rings (SSSR count). The summed E-state index contributed by atoms with van der Waals surface area (Å²) in [5.41, 5.74) is 0.831. The van der Waals surface area contributed by atoms with Crippen LogP contribution in [0, 0.1) is 0 Å². The van der Waals surface area contributed by atoms with Gasteiger partial charge in [0.05, 0.1) is 18.3 Å². The van der Waals surface area contributed by atoms with Crippen LogP contribution in [0.1, 0.15) is 20.2 Å². The maximum absolute atomic E-state index is 11.3. The molecular formula is C13H10ClNO3S. The van der Waals surface area contributed by atoms with Crippen LogP contribution in [-0.2, 0) is 4.74 Å². The van der Waals surface area contributed by atoms with Crippen molar-refractivity contribution in [1.29, 1.82) is 0 Å². The van der Waals surface area contributed by atoms with Crippen molar-refractivity contribution in [1.82, 2.24) is 4.98 Å². The van der Waals surface area contributed by atoms with E-state index in [9.17, 15) is 9.90 Å². The third-order valence-electron chi connectivity index (χ3n) is 2.30. The molecule has 0 spiro atoms. The van der Waals surface area contributed by atoms with Crippen molar-refractivity contribution in [2.45, 2.75) is 0 Å². The van der Waals surface area contributed by atoms with Gasteiger partial charge >= 0.3 is 5.97 Å². The highest BCUT2D eigenvalue weighted by molar-refractivity contribution is 7.14. The number of nitrogens with zero attached hydrogens (tertiary/aromatic N) is 1. The summed E-state index contributed by atoms with van der Waals surface area (Å²) in [6.07, 6.45) is 5.03. The number of rotatable bonds is 3. The molecule has 1 heterocycles. The smallest absolute Gasteiger partial charge is 0.349 e. The Bertz CT molecular complexity index is 637. The quantitative estimate of drug-likeness (QED) is 0.881. The largest absolute Gasteiger partial charge is 0.506 e. The summed E-state index contributed by atoms with van der Waals surface area (Å²) >= 11 is 7.04. The maximum atomic E-state index is 11.3. The molecule has 1 aromatic carbocycles. The van der Waals surface area contributed by atoms with Crippen molar-refractivity contribution in [3.05, 3.63) is 44.9 Å². The first-order valence-electron chi connectivity index (χ1n) is 5.31. The van der Waals surface area contributed by atoms with Gasteiger partial charge in [0.2, 0.25) is 0 Å². The molecule has 2 aromatic rings. The predicted octanol–water partition coefficient (Wildman–Crippen LogP) is 3.46. The SMILES string of the molecule is COC(=O)c1cnc(/C=C/c2ccc(O)c(Cl)c2)s1. The monoisotopic (exact) mass is 295 g/mol.